The third-order valence-electron chi connectivity index (χ3n) is 4.00. The summed E-state index contributed by atoms with van der Waals surface area (Å²) in [5.41, 5.74) is 2.06. The molecule has 0 unspecified atom stereocenters. The molecule has 3 aromatic rings. The maximum Gasteiger partial charge on any atom is 0.336 e. The number of nitrogens with one attached hydrogen (secondary N) is 1. The number of carbonyl (C=O) groups is 1. The molecule has 0 aliphatic carbocycles. The van der Waals surface area contributed by atoms with E-state index in [0.29, 0.717) is 16.4 Å². The highest BCUT2D eigenvalue weighted by Gasteiger charge is 2.10. The number of thioether (sulfide) groups is 1. The van der Waals surface area contributed by atoms with Crippen LogP contribution in [0.4, 0.5) is 10.1 Å². The van der Waals surface area contributed by atoms with Gasteiger partial charge in [-0.3, -0.25) is 4.79 Å². The Morgan fingerprint density at radius 2 is 2.04 bits per heavy atom. The van der Waals surface area contributed by atoms with Gasteiger partial charge in [-0.2, -0.15) is 0 Å². The van der Waals surface area contributed by atoms with Crippen molar-refractivity contribution in [1.29, 1.82) is 0 Å². The number of amides is 1. The molecule has 0 aliphatic heterocycles. The average Bonchev–Trinajstić information content (AvgIpc) is 2.64. The predicted molar refractivity (Wildman–Crippen MR) is 108 cm³/mol. The molecule has 0 spiro atoms. The van der Waals surface area contributed by atoms with Crippen LogP contribution in [0.5, 0.6) is 0 Å². The van der Waals surface area contributed by atoms with Crippen LogP contribution < -0.4 is 10.9 Å². The van der Waals surface area contributed by atoms with Gasteiger partial charge in [0.1, 0.15) is 11.4 Å². The minimum absolute atomic E-state index is 0.0472. The van der Waals surface area contributed by atoms with Crippen LogP contribution in [-0.2, 0) is 17.0 Å². The topological polar surface area (TPSA) is 59.3 Å². The molecule has 0 saturated heterocycles. The van der Waals surface area contributed by atoms with Gasteiger partial charge in [-0.05, 0) is 41.8 Å². The Bertz CT molecular complexity index is 1050. The Morgan fingerprint density at radius 3 is 2.81 bits per heavy atom. The monoisotopic (exact) mass is 405 g/mol. The standard InChI is InChI=1S/C20H17ClFNO3S/c1-2-12-3-5-15-13(8-20(25)26-18(15)7-12)10-27-11-19(24)23-17-9-14(21)4-6-16(17)22/h3-9H,2,10-11H2,1H3,(H,23,24). The molecule has 2 aromatic carbocycles. The van der Waals surface area contributed by atoms with E-state index in [-0.39, 0.29) is 17.3 Å². The molecular formula is C20H17ClFNO3S. The van der Waals surface area contributed by atoms with Crippen LogP contribution in [0.3, 0.4) is 0 Å². The summed E-state index contributed by atoms with van der Waals surface area (Å²) in [4.78, 5) is 23.9. The van der Waals surface area contributed by atoms with Crippen molar-refractivity contribution in [2.75, 3.05) is 11.1 Å². The second-order valence-electron chi connectivity index (χ2n) is 5.94. The van der Waals surface area contributed by atoms with Gasteiger partial charge in [0, 0.05) is 22.2 Å². The number of anilines is 1. The van der Waals surface area contributed by atoms with E-state index in [0.717, 1.165) is 22.9 Å². The Hall–Kier alpha value is -2.31. The molecule has 3 rings (SSSR count). The average molecular weight is 406 g/mol. The van der Waals surface area contributed by atoms with Crippen molar-refractivity contribution >= 4 is 45.9 Å². The Labute approximate surface area is 164 Å². The van der Waals surface area contributed by atoms with Crippen LogP contribution >= 0.6 is 23.4 Å². The van der Waals surface area contributed by atoms with Gasteiger partial charge in [0.25, 0.3) is 0 Å². The molecule has 0 saturated carbocycles. The van der Waals surface area contributed by atoms with Crippen molar-refractivity contribution in [1.82, 2.24) is 0 Å². The lowest BCUT2D eigenvalue weighted by Gasteiger charge is -2.08. The van der Waals surface area contributed by atoms with E-state index in [1.54, 1.807) is 0 Å². The minimum atomic E-state index is -0.545. The first-order valence-corrected chi connectivity index (χ1v) is 9.88. The van der Waals surface area contributed by atoms with Gasteiger partial charge < -0.3 is 9.73 Å². The third-order valence-corrected chi connectivity index (χ3v) is 5.21. The lowest BCUT2D eigenvalue weighted by atomic mass is 10.1. The maximum atomic E-state index is 13.7. The second kappa shape index (κ2) is 8.59. The molecule has 1 aromatic heterocycles. The van der Waals surface area contributed by atoms with Crippen molar-refractivity contribution in [2.24, 2.45) is 0 Å². The number of carbonyl (C=O) groups excluding carboxylic acids is 1. The summed E-state index contributed by atoms with van der Waals surface area (Å²) in [6.07, 6.45) is 0.846. The van der Waals surface area contributed by atoms with Gasteiger partial charge in [0.15, 0.2) is 0 Å². The smallest absolute Gasteiger partial charge is 0.336 e. The molecule has 27 heavy (non-hydrogen) atoms. The van der Waals surface area contributed by atoms with Crippen LogP contribution in [0.1, 0.15) is 18.1 Å². The number of hydrogen-bond donors (Lipinski definition) is 1. The van der Waals surface area contributed by atoms with Gasteiger partial charge in [-0.15, -0.1) is 11.8 Å². The highest BCUT2D eigenvalue weighted by molar-refractivity contribution is 7.99. The summed E-state index contributed by atoms with van der Waals surface area (Å²) in [5, 5.41) is 3.69. The Kier molecular flexibility index (Phi) is 6.19. The molecule has 0 aliphatic rings. The van der Waals surface area contributed by atoms with Crippen molar-refractivity contribution in [3.05, 3.63) is 74.9 Å². The fraction of sp³-hybridized carbons (Fsp3) is 0.200. The zero-order valence-electron chi connectivity index (χ0n) is 14.6. The minimum Gasteiger partial charge on any atom is -0.423 e. The largest absolute Gasteiger partial charge is 0.423 e. The quantitative estimate of drug-likeness (QED) is 0.585. The normalized spacial score (nSPS) is 10.9. The fourth-order valence-electron chi connectivity index (χ4n) is 2.65. The first kappa shape index (κ1) is 19.5. The molecule has 0 atom stereocenters. The lowest BCUT2D eigenvalue weighted by molar-refractivity contribution is -0.113. The number of aryl methyl sites for hydroxylation is 1. The van der Waals surface area contributed by atoms with Crippen molar-refractivity contribution in [3.8, 4) is 0 Å². The molecule has 0 fully saturated rings. The number of rotatable bonds is 6. The van der Waals surface area contributed by atoms with Crippen molar-refractivity contribution in [2.45, 2.75) is 19.1 Å². The first-order chi connectivity index (χ1) is 13.0. The van der Waals surface area contributed by atoms with Gasteiger partial charge in [-0.25, -0.2) is 9.18 Å². The van der Waals surface area contributed by atoms with Gasteiger partial charge >= 0.3 is 5.63 Å². The molecule has 7 heteroatoms. The fourth-order valence-corrected chi connectivity index (χ4v) is 3.64. The van der Waals surface area contributed by atoms with Crippen LogP contribution in [0.2, 0.25) is 5.02 Å². The van der Waals surface area contributed by atoms with Gasteiger partial charge in [-0.1, -0.05) is 30.7 Å². The van der Waals surface area contributed by atoms with Gasteiger partial charge in [0.2, 0.25) is 5.91 Å². The molecule has 1 N–H and O–H groups in total. The highest BCUT2D eigenvalue weighted by atomic mass is 35.5. The summed E-state index contributed by atoms with van der Waals surface area (Å²) < 4.78 is 18.9. The molecule has 1 amide bonds. The van der Waals surface area contributed by atoms with E-state index < -0.39 is 11.4 Å². The third kappa shape index (κ3) is 4.90. The van der Waals surface area contributed by atoms with Crippen molar-refractivity contribution < 1.29 is 13.6 Å². The summed E-state index contributed by atoms with van der Waals surface area (Å²) in [6.45, 7) is 2.03. The predicted octanol–water partition coefficient (Wildman–Crippen LogP) is 5.02. The van der Waals surface area contributed by atoms with E-state index in [9.17, 15) is 14.0 Å². The maximum absolute atomic E-state index is 13.7. The van der Waals surface area contributed by atoms with E-state index in [1.165, 1.54) is 36.0 Å². The van der Waals surface area contributed by atoms with Crippen LogP contribution in [-0.4, -0.2) is 11.7 Å². The highest BCUT2D eigenvalue weighted by Crippen LogP contribution is 2.24. The summed E-state index contributed by atoms with van der Waals surface area (Å²) in [7, 11) is 0. The SMILES string of the molecule is CCc1ccc2c(CSCC(=O)Nc3cc(Cl)ccc3F)cc(=O)oc2c1. The molecule has 4 nitrogen and oxygen atoms in total. The van der Waals surface area contributed by atoms with E-state index in [1.807, 2.05) is 25.1 Å². The van der Waals surface area contributed by atoms with Crippen LogP contribution in [0, 0.1) is 5.82 Å². The van der Waals surface area contributed by atoms with E-state index in [2.05, 4.69) is 5.32 Å². The Morgan fingerprint density at radius 1 is 1.22 bits per heavy atom. The first-order valence-electron chi connectivity index (χ1n) is 8.34. The molecular weight excluding hydrogens is 389 g/mol. The zero-order chi connectivity index (χ0) is 19.4. The number of halogens is 2. The molecule has 140 valence electrons. The zero-order valence-corrected chi connectivity index (χ0v) is 16.1. The van der Waals surface area contributed by atoms with E-state index >= 15 is 0 Å². The van der Waals surface area contributed by atoms with Crippen molar-refractivity contribution in [3.63, 3.8) is 0 Å². The summed E-state index contributed by atoms with van der Waals surface area (Å²) in [5.74, 6) is -0.322. The lowest BCUT2D eigenvalue weighted by Crippen LogP contribution is -2.15. The molecule has 1 heterocycles. The summed E-state index contributed by atoms with van der Waals surface area (Å²) in [6, 6.07) is 11.2. The number of hydrogen-bond acceptors (Lipinski definition) is 4. The summed E-state index contributed by atoms with van der Waals surface area (Å²) >= 11 is 7.14. The Balaban J connectivity index is 1.67. The molecule has 0 bridgehead atoms. The molecule has 0 radical (unpaired) electrons. The van der Waals surface area contributed by atoms with Gasteiger partial charge in [0.05, 0.1) is 11.4 Å². The van der Waals surface area contributed by atoms with Crippen LogP contribution in [0.15, 0.2) is 51.7 Å². The van der Waals surface area contributed by atoms with Crippen LogP contribution in [0.25, 0.3) is 11.0 Å². The number of benzene rings is 2. The second-order valence-corrected chi connectivity index (χ2v) is 7.36. The van der Waals surface area contributed by atoms with E-state index in [4.69, 9.17) is 16.0 Å². The number of fused-ring (bicyclic) bond motifs is 1.